The number of nitrogens with two attached hydrogens (primary N) is 1. The largest absolute Gasteiger partial charge is 0.494 e. The first-order valence-electron chi connectivity index (χ1n) is 6.02. The first-order valence-corrected chi connectivity index (χ1v) is 6.02. The second-order valence-corrected chi connectivity index (χ2v) is 4.37. The summed E-state index contributed by atoms with van der Waals surface area (Å²) in [5, 5.41) is 2.68. The van der Waals surface area contributed by atoms with Crippen molar-refractivity contribution in [2.45, 2.75) is 6.92 Å². The molecule has 2 aromatic carbocycles. The third-order valence-corrected chi connectivity index (χ3v) is 2.94. The number of ether oxygens (including phenoxy) is 1. The summed E-state index contributed by atoms with van der Waals surface area (Å²) in [4.78, 5) is 12.1. The van der Waals surface area contributed by atoms with Gasteiger partial charge >= 0.3 is 0 Å². The minimum Gasteiger partial charge on any atom is -0.494 e. The molecule has 0 saturated heterocycles. The molecule has 3 N–H and O–H groups in total. The van der Waals surface area contributed by atoms with Gasteiger partial charge in [0.05, 0.1) is 12.8 Å². The van der Waals surface area contributed by atoms with Crippen molar-refractivity contribution in [1.82, 2.24) is 0 Å². The smallest absolute Gasteiger partial charge is 0.255 e. The van der Waals surface area contributed by atoms with Gasteiger partial charge in [-0.1, -0.05) is 0 Å². The maximum absolute atomic E-state index is 13.1. The van der Waals surface area contributed by atoms with E-state index in [4.69, 9.17) is 10.5 Å². The summed E-state index contributed by atoms with van der Waals surface area (Å²) >= 11 is 0. The van der Waals surface area contributed by atoms with Crippen molar-refractivity contribution >= 4 is 17.3 Å². The Balaban J connectivity index is 2.25. The molecule has 2 rings (SSSR count). The number of hydrogen-bond acceptors (Lipinski definition) is 3. The van der Waals surface area contributed by atoms with E-state index in [2.05, 4.69) is 5.32 Å². The number of carbonyl (C=O) groups excluding carboxylic acids is 1. The lowest BCUT2D eigenvalue weighted by Crippen LogP contribution is -2.13. The highest BCUT2D eigenvalue weighted by molar-refractivity contribution is 6.05. The van der Waals surface area contributed by atoms with E-state index in [1.54, 1.807) is 18.2 Å². The minimum absolute atomic E-state index is 0.269. The standard InChI is InChI=1S/C15H15FN2O2/c1-9-7-10(3-5-12(9)17)15(19)18-13-6-4-11(16)8-14(13)20-2/h3-8H,17H2,1-2H3,(H,18,19). The quantitative estimate of drug-likeness (QED) is 0.846. The molecule has 0 atom stereocenters. The Morgan fingerprint density at radius 2 is 2.00 bits per heavy atom. The van der Waals surface area contributed by atoms with E-state index >= 15 is 0 Å². The van der Waals surface area contributed by atoms with Crippen LogP contribution >= 0.6 is 0 Å². The van der Waals surface area contributed by atoms with Gasteiger partial charge in [0, 0.05) is 17.3 Å². The average molecular weight is 274 g/mol. The lowest BCUT2D eigenvalue weighted by Gasteiger charge is -2.11. The number of anilines is 2. The predicted molar refractivity (Wildman–Crippen MR) is 76.5 cm³/mol. The molecule has 0 heterocycles. The van der Waals surface area contributed by atoms with E-state index < -0.39 is 5.82 Å². The second kappa shape index (κ2) is 5.61. The van der Waals surface area contributed by atoms with Crippen LogP contribution in [0.2, 0.25) is 0 Å². The van der Waals surface area contributed by atoms with Crippen LogP contribution in [-0.2, 0) is 0 Å². The van der Waals surface area contributed by atoms with Crippen LogP contribution in [0, 0.1) is 12.7 Å². The maximum atomic E-state index is 13.1. The Hall–Kier alpha value is -2.56. The Bertz CT molecular complexity index is 656. The van der Waals surface area contributed by atoms with Crippen molar-refractivity contribution in [3.05, 3.63) is 53.3 Å². The van der Waals surface area contributed by atoms with Crippen molar-refractivity contribution in [3.8, 4) is 5.75 Å². The third-order valence-electron chi connectivity index (χ3n) is 2.94. The summed E-state index contributed by atoms with van der Waals surface area (Å²) in [7, 11) is 1.41. The van der Waals surface area contributed by atoms with Gasteiger partial charge in [-0.2, -0.15) is 0 Å². The number of hydrogen-bond donors (Lipinski definition) is 2. The second-order valence-electron chi connectivity index (χ2n) is 4.37. The van der Waals surface area contributed by atoms with Gasteiger partial charge in [0.25, 0.3) is 5.91 Å². The van der Waals surface area contributed by atoms with E-state index in [-0.39, 0.29) is 11.7 Å². The molecule has 5 heteroatoms. The van der Waals surface area contributed by atoms with Crippen LogP contribution in [0.1, 0.15) is 15.9 Å². The molecule has 2 aromatic rings. The highest BCUT2D eigenvalue weighted by atomic mass is 19.1. The highest BCUT2D eigenvalue weighted by Gasteiger charge is 2.11. The van der Waals surface area contributed by atoms with Crippen molar-refractivity contribution in [2.24, 2.45) is 0 Å². The Morgan fingerprint density at radius 1 is 1.25 bits per heavy atom. The fraction of sp³-hybridized carbons (Fsp3) is 0.133. The van der Waals surface area contributed by atoms with E-state index in [0.717, 1.165) is 5.56 Å². The molecule has 1 amide bonds. The van der Waals surface area contributed by atoms with Crippen LogP contribution in [0.3, 0.4) is 0 Å². The number of nitrogens with one attached hydrogen (secondary N) is 1. The molecule has 0 aromatic heterocycles. The zero-order valence-electron chi connectivity index (χ0n) is 11.2. The van der Waals surface area contributed by atoms with Crippen LogP contribution in [0.15, 0.2) is 36.4 Å². The minimum atomic E-state index is -0.428. The van der Waals surface area contributed by atoms with Gasteiger partial charge in [0.15, 0.2) is 0 Å². The van der Waals surface area contributed by atoms with Crippen LogP contribution in [-0.4, -0.2) is 13.0 Å². The lowest BCUT2D eigenvalue weighted by molar-refractivity contribution is 0.102. The molecule has 104 valence electrons. The number of aryl methyl sites for hydroxylation is 1. The molecule has 4 nitrogen and oxygen atoms in total. The van der Waals surface area contributed by atoms with Gasteiger partial charge in [-0.05, 0) is 42.8 Å². The molecule has 20 heavy (non-hydrogen) atoms. The monoisotopic (exact) mass is 274 g/mol. The average Bonchev–Trinajstić information content (AvgIpc) is 2.43. The zero-order chi connectivity index (χ0) is 14.7. The number of methoxy groups -OCH3 is 1. The molecular weight excluding hydrogens is 259 g/mol. The maximum Gasteiger partial charge on any atom is 0.255 e. The highest BCUT2D eigenvalue weighted by Crippen LogP contribution is 2.25. The van der Waals surface area contributed by atoms with E-state index in [1.165, 1.54) is 25.3 Å². The zero-order valence-corrected chi connectivity index (χ0v) is 11.2. The SMILES string of the molecule is COc1cc(F)ccc1NC(=O)c1ccc(N)c(C)c1. The van der Waals surface area contributed by atoms with Crippen LogP contribution < -0.4 is 15.8 Å². The third kappa shape index (κ3) is 2.88. The lowest BCUT2D eigenvalue weighted by atomic mass is 10.1. The molecule has 0 aliphatic heterocycles. The van der Waals surface area contributed by atoms with Gasteiger partial charge in [0.1, 0.15) is 11.6 Å². The summed E-state index contributed by atoms with van der Waals surface area (Å²) in [6.45, 7) is 1.82. The molecular formula is C15H15FN2O2. The molecule has 0 spiro atoms. The van der Waals surface area contributed by atoms with Gasteiger partial charge < -0.3 is 15.8 Å². The summed E-state index contributed by atoms with van der Waals surface area (Å²) in [6.07, 6.45) is 0. The van der Waals surface area contributed by atoms with Gasteiger partial charge in [-0.3, -0.25) is 4.79 Å². The summed E-state index contributed by atoms with van der Waals surface area (Å²) in [6, 6.07) is 8.92. The first-order chi connectivity index (χ1) is 9.51. The van der Waals surface area contributed by atoms with E-state index in [1.807, 2.05) is 6.92 Å². The van der Waals surface area contributed by atoms with Gasteiger partial charge in [-0.15, -0.1) is 0 Å². The summed E-state index contributed by atoms with van der Waals surface area (Å²) < 4.78 is 18.1. The van der Waals surface area contributed by atoms with Crippen molar-refractivity contribution in [3.63, 3.8) is 0 Å². The van der Waals surface area contributed by atoms with Gasteiger partial charge in [-0.25, -0.2) is 4.39 Å². The number of amides is 1. The van der Waals surface area contributed by atoms with Gasteiger partial charge in [0.2, 0.25) is 0 Å². The van der Waals surface area contributed by atoms with Crippen LogP contribution in [0.4, 0.5) is 15.8 Å². The van der Waals surface area contributed by atoms with E-state index in [0.29, 0.717) is 16.9 Å². The number of halogens is 1. The predicted octanol–water partition coefficient (Wildman–Crippen LogP) is 2.98. The Kier molecular flexibility index (Phi) is 3.89. The topological polar surface area (TPSA) is 64.3 Å². The molecule has 0 aliphatic rings. The number of rotatable bonds is 3. The fourth-order valence-corrected chi connectivity index (χ4v) is 1.78. The van der Waals surface area contributed by atoms with Crippen molar-refractivity contribution in [1.29, 1.82) is 0 Å². The molecule has 0 saturated carbocycles. The molecule has 0 fully saturated rings. The number of carbonyl (C=O) groups is 1. The molecule has 0 unspecified atom stereocenters. The summed E-state index contributed by atoms with van der Waals surface area (Å²) in [5.74, 6) is -0.466. The first kappa shape index (κ1) is 13.9. The number of nitrogen functional groups attached to an aromatic ring is 1. The number of benzene rings is 2. The van der Waals surface area contributed by atoms with Crippen LogP contribution in [0.5, 0.6) is 5.75 Å². The Morgan fingerprint density at radius 3 is 2.65 bits per heavy atom. The molecule has 0 bridgehead atoms. The molecule has 0 radical (unpaired) electrons. The van der Waals surface area contributed by atoms with Crippen molar-refractivity contribution in [2.75, 3.05) is 18.2 Å². The van der Waals surface area contributed by atoms with Crippen LogP contribution in [0.25, 0.3) is 0 Å². The van der Waals surface area contributed by atoms with Crippen molar-refractivity contribution < 1.29 is 13.9 Å². The Labute approximate surface area is 116 Å². The molecule has 0 aliphatic carbocycles. The normalized spacial score (nSPS) is 10.2. The summed E-state index contributed by atoms with van der Waals surface area (Å²) in [5.41, 5.74) is 8.04. The van der Waals surface area contributed by atoms with E-state index in [9.17, 15) is 9.18 Å². The fourth-order valence-electron chi connectivity index (χ4n) is 1.78.